The fourth-order valence-electron chi connectivity index (χ4n) is 3.40. The van der Waals surface area contributed by atoms with Gasteiger partial charge in [-0.3, -0.25) is 4.90 Å². The van der Waals surface area contributed by atoms with Crippen LogP contribution in [0.5, 0.6) is 0 Å². The molecule has 3 aromatic rings. The number of nitrogens with one attached hydrogen (secondary N) is 2. The summed E-state index contributed by atoms with van der Waals surface area (Å²) in [5, 5.41) is 13.0. The maximum absolute atomic E-state index is 12.4. The second kappa shape index (κ2) is 10.1. The minimum Gasteiger partial charge on any atom is -0.379 e. The molecule has 1 atom stereocenters. The number of rotatable bonds is 7. The molecule has 0 radical (unpaired) electrons. The largest absolute Gasteiger partial charge is 0.379 e. The van der Waals surface area contributed by atoms with Gasteiger partial charge in [-0.2, -0.15) is 5.10 Å². The first-order valence-electron chi connectivity index (χ1n) is 9.85. The number of thiophene rings is 1. The van der Waals surface area contributed by atoms with Crippen LogP contribution in [-0.2, 0) is 11.3 Å². The lowest BCUT2D eigenvalue weighted by Crippen LogP contribution is -2.45. The Balaban J connectivity index is 1.29. The molecule has 2 N–H and O–H groups in total. The van der Waals surface area contributed by atoms with Crippen molar-refractivity contribution in [1.29, 1.82) is 0 Å². The molecule has 0 spiro atoms. The van der Waals surface area contributed by atoms with Crippen LogP contribution in [0.3, 0.4) is 0 Å². The van der Waals surface area contributed by atoms with E-state index in [4.69, 9.17) is 16.3 Å². The van der Waals surface area contributed by atoms with Gasteiger partial charge in [0.15, 0.2) is 0 Å². The molecule has 158 valence electrons. The lowest BCUT2D eigenvalue weighted by Gasteiger charge is -2.34. The predicted molar refractivity (Wildman–Crippen MR) is 118 cm³/mol. The lowest BCUT2D eigenvalue weighted by atomic mass is 10.2. The Labute approximate surface area is 184 Å². The minimum atomic E-state index is -0.191. The van der Waals surface area contributed by atoms with Gasteiger partial charge in [0, 0.05) is 47.8 Å². The fourth-order valence-corrected chi connectivity index (χ4v) is 4.39. The molecule has 1 unspecified atom stereocenters. The number of benzene rings is 1. The normalized spacial score (nSPS) is 15.6. The smallest absolute Gasteiger partial charge is 0.315 e. The number of urea groups is 1. The van der Waals surface area contributed by atoms with Crippen molar-refractivity contribution in [3.63, 3.8) is 0 Å². The fraction of sp³-hybridized carbons (Fsp3) is 0.333. The van der Waals surface area contributed by atoms with Gasteiger partial charge >= 0.3 is 6.03 Å². The van der Waals surface area contributed by atoms with Crippen LogP contribution in [0.4, 0.5) is 4.79 Å². The topological polar surface area (TPSA) is 71.4 Å². The van der Waals surface area contributed by atoms with E-state index in [1.165, 1.54) is 4.88 Å². The summed E-state index contributed by atoms with van der Waals surface area (Å²) in [6.45, 7) is 4.15. The van der Waals surface area contributed by atoms with E-state index < -0.39 is 0 Å². The minimum absolute atomic E-state index is 0.160. The SMILES string of the molecule is O=C(NCc1cnn(-c2ccc(Cl)cc2)c1)NCC(c1cccs1)N1CCOCC1. The van der Waals surface area contributed by atoms with E-state index >= 15 is 0 Å². The molecule has 7 nitrogen and oxygen atoms in total. The van der Waals surface area contributed by atoms with Gasteiger partial charge in [-0.15, -0.1) is 11.3 Å². The molecule has 1 aromatic carbocycles. The highest BCUT2D eigenvalue weighted by molar-refractivity contribution is 7.10. The zero-order chi connectivity index (χ0) is 20.8. The number of carbonyl (C=O) groups is 1. The molecule has 9 heteroatoms. The number of ether oxygens (including phenoxy) is 1. The van der Waals surface area contributed by atoms with Gasteiger partial charge in [0.05, 0.1) is 31.1 Å². The summed E-state index contributed by atoms with van der Waals surface area (Å²) < 4.78 is 7.23. The summed E-state index contributed by atoms with van der Waals surface area (Å²) in [6, 6.07) is 11.6. The number of carbonyl (C=O) groups excluding carboxylic acids is 1. The summed E-state index contributed by atoms with van der Waals surface area (Å²) in [7, 11) is 0. The highest BCUT2D eigenvalue weighted by Crippen LogP contribution is 2.25. The van der Waals surface area contributed by atoms with Crippen molar-refractivity contribution in [3.05, 3.63) is 69.6 Å². The quantitative estimate of drug-likeness (QED) is 0.584. The highest BCUT2D eigenvalue weighted by Gasteiger charge is 2.23. The van der Waals surface area contributed by atoms with Crippen LogP contribution in [0.2, 0.25) is 5.02 Å². The van der Waals surface area contributed by atoms with E-state index in [1.54, 1.807) is 22.2 Å². The molecule has 3 heterocycles. The molecule has 0 aliphatic carbocycles. The molecule has 1 saturated heterocycles. The van der Waals surface area contributed by atoms with E-state index in [0.717, 1.165) is 37.6 Å². The summed E-state index contributed by atoms with van der Waals surface area (Å²) in [5.74, 6) is 0. The number of hydrogen-bond acceptors (Lipinski definition) is 5. The number of amides is 2. The third-order valence-electron chi connectivity index (χ3n) is 4.99. The molecule has 0 bridgehead atoms. The van der Waals surface area contributed by atoms with Crippen molar-refractivity contribution < 1.29 is 9.53 Å². The van der Waals surface area contributed by atoms with Crippen molar-refractivity contribution in [1.82, 2.24) is 25.3 Å². The Kier molecular flexibility index (Phi) is 7.01. The second-order valence-electron chi connectivity index (χ2n) is 7.01. The van der Waals surface area contributed by atoms with Gasteiger partial charge < -0.3 is 15.4 Å². The van der Waals surface area contributed by atoms with Gasteiger partial charge in [-0.05, 0) is 35.7 Å². The second-order valence-corrected chi connectivity index (χ2v) is 8.43. The van der Waals surface area contributed by atoms with Crippen molar-refractivity contribution in [3.8, 4) is 5.69 Å². The van der Waals surface area contributed by atoms with Crippen LogP contribution in [-0.4, -0.2) is 53.6 Å². The van der Waals surface area contributed by atoms with Gasteiger partial charge in [-0.25, -0.2) is 9.48 Å². The van der Waals surface area contributed by atoms with Crippen LogP contribution < -0.4 is 10.6 Å². The van der Waals surface area contributed by atoms with Crippen LogP contribution in [0.25, 0.3) is 5.69 Å². The summed E-state index contributed by atoms with van der Waals surface area (Å²) >= 11 is 7.64. The molecule has 30 heavy (non-hydrogen) atoms. The highest BCUT2D eigenvalue weighted by atomic mass is 35.5. The molecule has 1 aliphatic heterocycles. The molecular formula is C21H24ClN5O2S. The Bertz CT molecular complexity index is 939. The number of aromatic nitrogens is 2. The average molecular weight is 446 g/mol. The summed E-state index contributed by atoms with van der Waals surface area (Å²) in [6.07, 6.45) is 3.64. The predicted octanol–water partition coefficient (Wildman–Crippen LogP) is 3.46. The van der Waals surface area contributed by atoms with E-state index in [9.17, 15) is 4.79 Å². The van der Waals surface area contributed by atoms with Crippen molar-refractivity contribution in [2.45, 2.75) is 12.6 Å². The van der Waals surface area contributed by atoms with E-state index in [1.807, 2.05) is 36.5 Å². The van der Waals surface area contributed by atoms with Crippen LogP contribution in [0, 0.1) is 0 Å². The van der Waals surface area contributed by atoms with Gasteiger partial charge in [0.2, 0.25) is 0 Å². The lowest BCUT2D eigenvalue weighted by molar-refractivity contribution is 0.0174. The Morgan fingerprint density at radius 1 is 1.20 bits per heavy atom. The number of hydrogen-bond donors (Lipinski definition) is 2. The third-order valence-corrected chi connectivity index (χ3v) is 6.22. The Hall–Kier alpha value is -2.39. The average Bonchev–Trinajstić information content (AvgIpc) is 3.46. The van der Waals surface area contributed by atoms with Crippen molar-refractivity contribution >= 4 is 29.0 Å². The third kappa shape index (κ3) is 5.40. The van der Waals surface area contributed by atoms with Gasteiger partial charge in [0.25, 0.3) is 0 Å². The van der Waals surface area contributed by atoms with Gasteiger partial charge in [-0.1, -0.05) is 17.7 Å². The Morgan fingerprint density at radius 2 is 2.00 bits per heavy atom. The molecule has 1 aliphatic rings. The first-order valence-corrected chi connectivity index (χ1v) is 11.1. The van der Waals surface area contributed by atoms with Crippen LogP contribution >= 0.6 is 22.9 Å². The summed E-state index contributed by atoms with van der Waals surface area (Å²) in [5.41, 5.74) is 1.84. The van der Waals surface area contributed by atoms with Crippen molar-refractivity contribution in [2.24, 2.45) is 0 Å². The molecule has 1 fully saturated rings. The molecule has 0 saturated carbocycles. The standard InChI is InChI=1S/C21H24ClN5O2S/c22-17-3-5-18(6-4-17)27-15-16(13-25-27)12-23-21(28)24-14-19(20-2-1-11-30-20)26-7-9-29-10-8-26/h1-6,11,13,15,19H,7-10,12,14H2,(H2,23,24,28). The molecular weight excluding hydrogens is 422 g/mol. The molecule has 2 amide bonds. The van der Waals surface area contributed by atoms with Crippen LogP contribution in [0.1, 0.15) is 16.5 Å². The maximum atomic E-state index is 12.4. The zero-order valence-corrected chi connectivity index (χ0v) is 18.0. The van der Waals surface area contributed by atoms with Crippen molar-refractivity contribution in [2.75, 3.05) is 32.8 Å². The maximum Gasteiger partial charge on any atom is 0.315 e. The first kappa shape index (κ1) is 20.9. The zero-order valence-electron chi connectivity index (χ0n) is 16.5. The van der Waals surface area contributed by atoms with Crippen LogP contribution in [0.15, 0.2) is 54.2 Å². The van der Waals surface area contributed by atoms with E-state index in [0.29, 0.717) is 18.1 Å². The van der Waals surface area contributed by atoms with Gasteiger partial charge in [0.1, 0.15) is 0 Å². The van der Waals surface area contributed by atoms with E-state index in [2.05, 4.69) is 32.1 Å². The molecule has 2 aromatic heterocycles. The molecule has 4 rings (SSSR count). The number of nitrogens with zero attached hydrogens (tertiary/aromatic N) is 3. The monoisotopic (exact) mass is 445 g/mol. The number of morpholine rings is 1. The number of halogens is 1. The summed E-state index contributed by atoms with van der Waals surface area (Å²) in [4.78, 5) is 16.0. The van der Waals surface area contributed by atoms with E-state index in [-0.39, 0.29) is 12.1 Å². The Morgan fingerprint density at radius 3 is 2.73 bits per heavy atom. The first-order chi connectivity index (χ1) is 14.7.